The van der Waals surface area contributed by atoms with E-state index in [0.717, 1.165) is 25.3 Å². The summed E-state index contributed by atoms with van der Waals surface area (Å²) in [5, 5.41) is 12.8. The molecule has 20 heavy (non-hydrogen) atoms. The largest absolute Gasteiger partial charge is 0.496 e. The molecule has 1 aromatic carbocycles. The normalized spacial score (nSPS) is 18.4. The molecule has 3 heteroatoms. The van der Waals surface area contributed by atoms with Crippen LogP contribution in [0.25, 0.3) is 0 Å². The summed E-state index contributed by atoms with van der Waals surface area (Å²) < 4.78 is 5.38. The lowest BCUT2D eigenvalue weighted by molar-refractivity contribution is 0.0426. The first-order chi connectivity index (χ1) is 9.72. The standard InChI is InChI=1S/C17H27NO2/c1-14(8-11-19)17(9-5-10-17)13-18-12-15-6-3-4-7-16(15)20-2/h3-4,6-7,14,18-19H,5,8-13H2,1-2H3/t14-/m0/s1. The fourth-order valence-electron chi connectivity index (χ4n) is 3.27. The van der Waals surface area contributed by atoms with Gasteiger partial charge in [0.25, 0.3) is 0 Å². The molecular formula is C17H27NO2. The van der Waals surface area contributed by atoms with E-state index < -0.39 is 0 Å². The molecule has 1 atom stereocenters. The van der Waals surface area contributed by atoms with Crippen LogP contribution in [0.4, 0.5) is 0 Å². The van der Waals surface area contributed by atoms with Crippen LogP contribution in [0.5, 0.6) is 5.75 Å². The molecule has 0 saturated heterocycles. The minimum absolute atomic E-state index is 0.301. The van der Waals surface area contributed by atoms with Crippen molar-refractivity contribution in [2.45, 2.75) is 39.2 Å². The maximum atomic E-state index is 9.15. The summed E-state index contributed by atoms with van der Waals surface area (Å²) in [5.41, 5.74) is 1.60. The van der Waals surface area contributed by atoms with Crippen molar-refractivity contribution in [3.8, 4) is 5.75 Å². The Morgan fingerprint density at radius 3 is 2.70 bits per heavy atom. The van der Waals surface area contributed by atoms with Gasteiger partial charge < -0.3 is 15.2 Å². The number of methoxy groups -OCH3 is 1. The monoisotopic (exact) mass is 277 g/mol. The molecule has 0 unspecified atom stereocenters. The number of aliphatic hydroxyl groups is 1. The summed E-state index contributed by atoms with van der Waals surface area (Å²) in [6, 6.07) is 8.16. The van der Waals surface area contributed by atoms with Crippen molar-refractivity contribution < 1.29 is 9.84 Å². The molecule has 1 aromatic rings. The number of hydrogen-bond donors (Lipinski definition) is 2. The number of nitrogens with one attached hydrogen (secondary N) is 1. The van der Waals surface area contributed by atoms with Gasteiger partial charge in [0.2, 0.25) is 0 Å². The maximum absolute atomic E-state index is 9.15. The Bertz CT molecular complexity index is 415. The van der Waals surface area contributed by atoms with E-state index in [1.54, 1.807) is 7.11 Å². The van der Waals surface area contributed by atoms with Gasteiger partial charge >= 0.3 is 0 Å². The van der Waals surface area contributed by atoms with Gasteiger partial charge in [0, 0.05) is 25.3 Å². The highest BCUT2D eigenvalue weighted by molar-refractivity contribution is 5.32. The van der Waals surface area contributed by atoms with Gasteiger partial charge in [-0.15, -0.1) is 0 Å². The van der Waals surface area contributed by atoms with Crippen molar-refractivity contribution in [3.05, 3.63) is 29.8 Å². The Hall–Kier alpha value is -1.06. The number of aliphatic hydroxyl groups excluding tert-OH is 1. The summed E-state index contributed by atoms with van der Waals surface area (Å²) in [5.74, 6) is 1.54. The van der Waals surface area contributed by atoms with Gasteiger partial charge in [-0.2, -0.15) is 0 Å². The molecule has 0 aromatic heterocycles. The van der Waals surface area contributed by atoms with Gasteiger partial charge in [0.05, 0.1) is 7.11 Å². The van der Waals surface area contributed by atoms with Crippen molar-refractivity contribution in [1.82, 2.24) is 5.32 Å². The molecule has 2 rings (SSSR count). The van der Waals surface area contributed by atoms with Gasteiger partial charge in [-0.1, -0.05) is 31.5 Å². The maximum Gasteiger partial charge on any atom is 0.123 e. The number of rotatable bonds is 8. The Morgan fingerprint density at radius 2 is 2.10 bits per heavy atom. The fourth-order valence-corrected chi connectivity index (χ4v) is 3.27. The van der Waals surface area contributed by atoms with E-state index in [0.29, 0.717) is 17.9 Å². The first-order valence-electron chi connectivity index (χ1n) is 7.65. The highest BCUT2D eigenvalue weighted by Crippen LogP contribution is 2.47. The average molecular weight is 277 g/mol. The number of ether oxygens (including phenoxy) is 1. The van der Waals surface area contributed by atoms with Gasteiger partial charge in [-0.25, -0.2) is 0 Å². The van der Waals surface area contributed by atoms with Gasteiger partial charge in [-0.3, -0.25) is 0 Å². The van der Waals surface area contributed by atoms with Crippen LogP contribution in [-0.2, 0) is 6.54 Å². The van der Waals surface area contributed by atoms with E-state index in [4.69, 9.17) is 9.84 Å². The molecule has 0 heterocycles. The van der Waals surface area contributed by atoms with E-state index in [-0.39, 0.29) is 0 Å². The lowest BCUT2D eigenvalue weighted by Gasteiger charge is -2.47. The topological polar surface area (TPSA) is 41.5 Å². The third-order valence-electron chi connectivity index (χ3n) is 4.94. The van der Waals surface area contributed by atoms with Crippen molar-refractivity contribution in [1.29, 1.82) is 0 Å². The van der Waals surface area contributed by atoms with Crippen LogP contribution < -0.4 is 10.1 Å². The number of para-hydroxylation sites is 1. The van der Waals surface area contributed by atoms with Crippen LogP contribution in [0.1, 0.15) is 38.2 Å². The van der Waals surface area contributed by atoms with Crippen LogP contribution >= 0.6 is 0 Å². The zero-order valence-corrected chi connectivity index (χ0v) is 12.7. The smallest absolute Gasteiger partial charge is 0.123 e. The van der Waals surface area contributed by atoms with Crippen LogP contribution in [0.3, 0.4) is 0 Å². The Labute approximate surface area is 122 Å². The van der Waals surface area contributed by atoms with E-state index in [1.165, 1.54) is 24.8 Å². The van der Waals surface area contributed by atoms with Crippen LogP contribution in [0.2, 0.25) is 0 Å². The van der Waals surface area contributed by atoms with Crippen LogP contribution in [-0.4, -0.2) is 25.4 Å². The van der Waals surface area contributed by atoms with Crippen molar-refractivity contribution >= 4 is 0 Å². The first kappa shape index (κ1) is 15.3. The first-order valence-corrected chi connectivity index (χ1v) is 7.65. The lowest BCUT2D eigenvalue weighted by atomic mass is 9.60. The van der Waals surface area contributed by atoms with Gasteiger partial charge in [-0.05, 0) is 36.7 Å². The Morgan fingerprint density at radius 1 is 1.35 bits per heavy atom. The molecule has 1 saturated carbocycles. The number of benzene rings is 1. The second kappa shape index (κ2) is 7.09. The molecule has 1 aliphatic rings. The second-order valence-corrected chi connectivity index (χ2v) is 6.04. The molecule has 2 N–H and O–H groups in total. The quantitative estimate of drug-likeness (QED) is 0.767. The Balaban J connectivity index is 1.88. The van der Waals surface area contributed by atoms with Crippen LogP contribution in [0.15, 0.2) is 24.3 Å². The molecule has 0 amide bonds. The minimum Gasteiger partial charge on any atom is -0.496 e. The molecule has 0 bridgehead atoms. The average Bonchev–Trinajstić information content (AvgIpc) is 2.42. The lowest BCUT2D eigenvalue weighted by Crippen LogP contribution is -2.44. The Kier molecular flexibility index (Phi) is 5.44. The predicted molar refractivity (Wildman–Crippen MR) is 81.9 cm³/mol. The summed E-state index contributed by atoms with van der Waals surface area (Å²) in [4.78, 5) is 0. The molecule has 112 valence electrons. The third-order valence-corrected chi connectivity index (χ3v) is 4.94. The van der Waals surface area contributed by atoms with Crippen molar-refractivity contribution in [2.24, 2.45) is 11.3 Å². The zero-order chi connectivity index (χ0) is 14.4. The SMILES string of the molecule is COc1ccccc1CNCC1([C@@H](C)CCO)CCC1. The number of hydrogen-bond acceptors (Lipinski definition) is 3. The van der Waals surface area contributed by atoms with E-state index >= 15 is 0 Å². The highest BCUT2D eigenvalue weighted by atomic mass is 16.5. The molecular weight excluding hydrogens is 250 g/mol. The fraction of sp³-hybridized carbons (Fsp3) is 0.647. The summed E-state index contributed by atoms with van der Waals surface area (Å²) in [6.45, 7) is 4.46. The minimum atomic E-state index is 0.301. The predicted octanol–water partition coefficient (Wildman–Crippen LogP) is 2.97. The van der Waals surface area contributed by atoms with E-state index in [1.807, 2.05) is 18.2 Å². The molecule has 0 radical (unpaired) electrons. The van der Waals surface area contributed by atoms with E-state index in [9.17, 15) is 0 Å². The van der Waals surface area contributed by atoms with Crippen LogP contribution in [0, 0.1) is 11.3 Å². The summed E-state index contributed by atoms with van der Waals surface area (Å²) in [6.07, 6.45) is 4.81. The van der Waals surface area contributed by atoms with Gasteiger partial charge in [0.15, 0.2) is 0 Å². The molecule has 1 aliphatic carbocycles. The molecule has 0 spiro atoms. The third kappa shape index (κ3) is 3.33. The molecule has 1 fully saturated rings. The van der Waals surface area contributed by atoms with Gasteiger partial charge in [0.1, 0.15) is 5.75 Å². The second-order valence-electron chi connectivity index (χ2n) is 6.04. The highest BCUT2D eigenvalue weighted by Gasteiger charge is 2.40. The van der Waals surface area contributed by atoms with Crippen molar-refractivity contribution in [2.75, 3.05) is 20.3 Å². The molecule has 3 nitrogen and oxygen atoms in total. The van der Waals surface area contributed by atoms with E-state index in [2.05, 4.69) is 18.3 Å². The van der Waals surface area contributed by atoms with Crippen molar-refractivity contribution in [3.63, 3.8) is 0 Å². The summed E-state index contributed by atoms with van der Waals surface area (Å²) in [7, 11) is 1.72. The zero-order valence-electron chi connectivity index (χ0n) is 12.7. The summed E-state index contributed by atoms with van der Waals surface area (Å²) >= 11 is 0. The molecule has 0 aliphatic heterocycles.